The summed E-state index contributed by atoms with van der Waals surface area (Å²) in [6, 6.07) is 3.81. The molecule has 0 aliphatic rings. The number of urea groups is 1. The summed E-state index contributed by atoms with van der Waals surface area (Å²) in [4.78, 5) is 11.7. The number of aliphatic hydroxyl groups excluding tert-OH is 1. The Bertz CT molecular complexity index is 438. The van der Waals surface area contributed by atoms with Crippen LogP contribution in [-0.2, 0) is 0 Å². The third kappa shape index (κ3) is 4.16. The number of halogens is 2. The number of rotatable bonds is 4. The summed E-state index contributed by atoms with van der Waals surface area (Å²) in [6.07, 6.45) is 0.401. The Morgan fingerprint density at radius 3 is 2.78 bits per heavy atom. The van der Waals surface area contributed by atoms with Gasteiger partial charge in [0.05, 0.1) is 10.7 Å². The van der Waals surface area contributed by atoms with Crippen LogP contribution in [0.1, 0.15) is 20.3 Å². The Hall–Kier alpha value is -1.33. The number of hydrogen-bond acceptors (Lipinski definition) is 2. The third-order valence-electron chi connectivity index (χ3n) is 2.39. The van der Waals surface area contributed by atoms with E-state index in [0.717, 1.165) is 0 Å². The van der Waals surface area contributed by atoms with Gasteiger partial charge in [-0.25, -0.2) is 9.18 Å². The molecule has 1 rings (SSSR count). The number of carbonyl (C=O) groups is 1. The summed E-state index contributed by atoms with van der Waals surface area (Å²) in [5.41, 5.74) is -0.562. The van der Waals surface area contributed by atoms with E-state index in [1.165, 1.54) is 12.1 Å². The Morgan fingerprint density at radius 1 is 1.50 bits per heavy atom. The van der Waals surface area contributed by atoms with Crippen molar-refractivity contribution in [3.05, 3.63) is 29.0 Å². The molecular formula is C12H16ClFN2O2. The minimum Gasteiger partial charge on any atom is -0.396 e. The number of anilines is 1. The lowest BCUT2D eigenvalue weighted by atomic mass is 10.0. The minimum atomic E-state index is -0.672. The summed E-state index contributed by atoms with van der Waals surface area (Å²) < 4.78 is 13.5. The van der Waals surface area contributed by atoms with Crippen molar-refractivity contribution in [2.45, 2.75) is 25.8 Å². The highest BCUT2D eigenvalue weighted by atomic mass is 35.5. The first-order valence-corrected chi connectivity index (χ1v) is 5.87. The quantitative estimate of drug-likeness (QED) is 0.791. The van der Waals surface area contributed by atoms with Crippen LogP contribution >= 0.6 is 11.6 Å². The van der Waals surface area contributed by atoms with Crippen LogP contribution in [0.25, 0.3) is 0 Å². The molecular weight excluding hydrogens is 259 g/mol. The molecule has 0 saturated heterocycles. The van der Waals surface area contributed by atoms with E-state index in [0.29, 0.717) is 6.42 Å². The predicted octanol–water partition coefficient (Wildman–Crippen LogP) is 2.76. The number of amides is 2. The molecule has 0 radical (unpaired) electrons. The van der Waals surface area contributed by atoms with Gasteiger partial charge in [-0.1, -0.05) is 17.7 Å². The zero-order chi connectivity index (χ0) is 13.8. The summed E-state index contributed by atoms with van der Waals surface area (Å²) in [7, 11) is 0. The van der Waals surface area contributed by atoms with Crippen LogP contribution < -0.4 is 10.6 Å². The van der Waals surface area contributed by atoms with Gasteiger partial charge >= 0.3 is 6.03 Å². The lowest BCUT2D eigenvalue weighted by Gasteiger charge is -2.25. The molecule has 0 aromatic heterocycles. The maximum atomic E-state index is 13.5. The molecule has 0 saturated carbocycles. The van der Waals surface area contributed by atoms with Gasteiger partial charge in [-0.15, -0.1) is 0 Å². The Kier molecular flexibility index (Phi) is 4.93. The number of aliphatic hydroxyl groups is 1. The van der Waals surface area contributed by atoms with Gasteiger partial charge in [0.25, 0.3) is 0 Å². The van der Waals surface area contributed by atoms with E-state index >= 15 is 0 Å². The first kappa shape index (κ1) is 14.7. The van der Waals surface area contributed by atoms with Gasteiger partial charge in [-0.05, 0) is 32.4 Å². The van der Waals surface area contributed by atoms with Crippen LogP contribution in [0.2, 0.25) is 5.02 Å². The van der Waals surface area contributed by atoms with Gasteiger partial charge in [0.15, 0.2) is 5.82 Å². The molecule has 0 fully saturated rings. The molecule has 0 aliphatic heterocycles. The predicted molar refractivity (Wildman–Crippen MR) is 69.3 cm³/mol. The van der Waals surface area contributed by atoms with Crippen molar-refractivity contribution in [2.75, 3.05) is 11.9 Å². The van der Waals surface area contributed by atoms with Crippen molar-refractivity contribution >= 4 is 23.3 Å². The van der Waals surface area contributed by atoms with E-state index in [1.807, 2.05) is 0 Å². The fourth-order valence-electron chi connectivity index (χ4n) is 1.40. The van der Waals surface area contributed by atoms with Crippen LogP contribution in [0.15, 0.2) is 18.2 Å². The van der Waals surface area contributed by atoms with Crippen LogP contribution in [0.5, 0.6) is 0 Å². The third-order valence-corrected chi connectivity index (χ3v) is 2.68. The van der Waals surface area contributed by atoms with Crippen molar-refractivity contribution < 1.29 is 14.3 Å². The highest BCUT2D eigenvalue weighted by molar-refractivity contribution is 6.31. The highest BCUT2D eigenvalue weighted by Gasteiger charge is 2.20. The van der Waals surface area contributed by atoms with E-state index in [-0.39, 0.29) is 17.3 Å². The van der Waals surface area contributed by atoms with E-state index in [4.69, 9.17) is 16.7 Å². The Balaban J connectivity index is 2.68. The smallest absolute Gasteiger partial charge is 0.319 e. The molecule has 0 atom stereocenters. The van der Waals surface area contributed by atoms with E-state index in [1.54, 1.807) is 19.9 Å². The van der Waals surface area contributed by atoms with E-state index in [9.17, 15) is 9.18 Å². The van der Waals surface area contributed by atoms with E-state index in [2.05, 4.69) is 10.6 Å². The lowest BCUT2D eigenvalue weighted by molar-refractivity contribution is 0.218. The lowest BCUT2D eigenvalue weighted by Crippen LogP contribution is -2.46. The highest BCUT2D eigenvalue weighted by Crippen LogP contribution is 2.22. The number of carbonyl (C=O) groups excluding carboxylic acids is 1. The molecule has 0 bridgehead atoms. The normalized spacial score (nSPS) is 11.2. The fraction of sp³-hybridized carbons (Fsp3) is 0.417. The van der Waals surface area contributed by atoms with Crippen molar-refractivity contribution in [2.24, 2.45) is 0 Å². The van der Waals surface area contributed by atoms with Crippen LogP contribution in [0, 0.1) is 5.82 Å². The average Bonchev–Trinajstić information content (AvgIpc) is 2.23. The zero-order valence-electron chi connectivity index (χ0n) is 10.3. The van der Waals surface area contributed by atoms with E-state index < -0.39 is 17.4 Å². The summed E-state index contributed by atoms with van der Waals surface area (Å²) in [6.45, 7) is 3.48. The van der Waals surface area contributed by atoms with Crippen molar-refractivity contribution in [3.8, 4) is 0 Å². The molecule has 0 aliphatic carbocycles. The fourth-order valence-corrected chi connectivity index (χ4v) is 1.58. The Morgan fingerprint density at radius 2 is 2.17 bits per heavy atom. The first-order valence-electron chi connectivity index (χ1n) is 5.50. The molecule has 1 aromatic rings. The molecule has 1 aromatic carbocycles. The van der Waals surface area contributed by atoms with Gasteiger partial charge in [0.1, 0.15) is 0 Å². The molecule has 0 heterocycles. The average molecular weight is 275 g/mol. The maximum absolute atomic E-state index is 13.5. The van der Waals surface area contributed by atoms with Gasteiger partial charge in [-0.2, -0.15) is 0 Å². The summed E-state index contributed by atoms with van der Waals surface area (Å²) in [5, 5.41) is 13.8. The van der Waals surface area contributed by atoms with Crippen LogP contribution in [-0.4, -0.2) is 23.3 Å². The maximum Gasteiger partial charge on any atom is 0.319 e. The largest absolute Gasteiger partial charge is 0.396 e. The van der Waals surface area contributed by atoms with Crippen LogP contribution in [0.4, 0.5) is 14.9 Å². The SMILES string of the molecule is CC(C)(CCO)NC(=O)Nc1cccc(Cl)c1F. The molecule has 2 amide bonds. The minimum absolute atomic E-state index is 0.0137. The van der Waals surface area contributed by atoms with Gasteiger partial charge in [-0.3, -0.25) is 0 Å². The van der Waals surface area contributed by atoms with Crippen molar-refractivity contribution in [3.63, 3.8) is 0 Å². The molecule has 6 heteroatoms. The number of benzene rings is 1. The second-order valence-electron chi connectivity index (χ2n) is 4.54. The number of nitrogens with one attached hydrogen (secondary N) is 2. The second kappa shape index (κ2) is 6.02. The molecule has 18 heavy (non-hydrogen) atoms. The van der Waals surface area contributed by atoms with Crippen molar-refractivity contribution in [1.29, 1.82) is 0 Å². The van der Waals surface area contributed by atoms with Crippen LogP contribution in [0.3, 0.4) is 0 Å². The number of hydrogen-bond donors (Lipinski definition) is 3. The van der Waals surface area contributed by atoms with Gasteiger partial charge < -0.3 is 15.7 Å². The zero-order valence-corrected chi connectivity index (χ0v) is 11.0. The standard InChI is InChI=1S/C12H16ClFN2O2/c1-12(2,6-7-17)16-11(18)15-9-5-3-4-8(13)10(9)14/h3-5,17H,6-7H2,1-2H3,(H2,15,16,18). The van der Waals surface area contributed by atoms with Gasteiger partial charge in [0, 0.05) is 12.1 Å². The van der Waals surface area contributed by atoms with Crippen molar-refractivity contribution in [1.82, 2.24) is 5.32 Å². The topological polar surface area (TPSA) is 61.4 Å². The first-order chi connectivity index (χ1) is 8.35. The molecule has 4 nitrogen and oxygen atoms in total. The molecule has 100 valence electrons. The second-order valence-corrected chi connectivity index (χ2v) is 4.95. The summed E-state index contributed by atoms with van der Waals surface area (Å²) >= 11 is 5.60. The molecule has 0 spiro atoms. The summed E-state index contributed by atoms with van der Waals surface area (Å²) in [5.74, 6) is -0.672. The Labute approximate surface area is 110 Å². The molecule has 3 N–H and O–H groups in total. The van der Waals surface area contributed by atoms with Gasteiger partial charge in [0.2, 0.25) is 0 Å². The molecule has 0 unspecified atom stereocenters. The monoisotopic (exact) mass is 274 g/mol.